The van der Waals surface area contributed by atoms with Crippen molar-refractivity contribution in [1.29, 1.82) is 0 Å². The number of hydrogen-bond acceptors (Lipinski definition) is 6. The zero-order valence-corrected chi connectivity index (χ0v) is 23.7. The van der Waals surface area contributed by atoms with Gasteiger partial charge < -0.3 is 31.1 Å². The molecular weight excluding hydrogens is 488 g/mol. The van der Waals surface area contributed by atoms with Crippen molar-refractivity contribution in [3.8, 4) is 5.75 Å². The highest BCUT2D eigenvalue weighted by atomic mass is 16.6. The molecule has 2 rings (SSSR count). The van der Waals surface area contributed by atoms with Crippen LogP contribution in [-0.2, 0) is 19.1 Å². The monoisotopic (exact) mass is 532 g/mol. The van der Waals surface area contributed by atoms with Gasteiger partial charge in [-0.3, -0.25) is 14.4 Å². The van der Waals surface area contributed by atoms with Gasteiger partial charge in [-0.1, -0.05) is 26.3 Å². The summed E-state index contributed by atoms with van der Waals surface area (Å²) >= 11 is 0. The SMILES string of the molecule is CCCC(C)NC(=O)C(c1ccc(O)c(C)c1)N(C(=O)C(CCC(N)=O)NC(=O)OC(C)(C)C)C1CC1C. The lowest BCUT2D eigenvalue weighted by Crippen LogP contribution is -2.54. The van der Waals surface area contributed by atoms with Gasteiger partial charge in [0.1, 0.15) is 23.4 Å². The summed E-state index contributed by atoms with van der Waals surface area (Å²) in [6, 6.07) is 2.32. The second kappa shape index (κ2) is 13.0. The molecule has 0 aromatic heterocycles. The van der Waals surface area contributed by atoms with Gasteiger partial charge in [-0.2, -0.15) is 0 Å². The number of carbonyl (C=O) groups excluding carboxylic acids is 4. The standard InChI is InChI=1S/C28H44N4O6/c1-8-9-18(4)30-25(35)24(19-10-12-22(33)17(3)14-19)32(21-15-16(21)2)26(36)20(11-13-23(29)34)31-27(37)38-28(5,6)7/h10,12,14,16,18,20-21,24,33H,8-9,11,13,15H2,1-7H3,(H2,29,34)(H,30,35)(H,31,37). The third kappa shape index (κ3) is 8.92. The molecule has 0 saturated heterocycles. The molecule has 0 radical (unpaired) electrons. The first kappa shape index (κ1) is 30.9. The zero-order valence-electron chi connectivity index (χ0n) is 23.7. The topological polar surface area (TPSA) is 151 Å². The highest BCUT2D eigenvalue weighted by molar-refractivity contribution is 5.93. The van der Waals surface area contributed by atoms with Crippen molar-refractivity contribution in [1.82, 2.24) is 15.5 Å². The Balaban J connectivity index is 2.53. The van der Waals surface area contributed by atoms with Gasteiger partial charge in [0.2, 0.25) is 17.7 Å². The lowest BCUT2D eigenvalue weighted by atomic mass is 9.98. The van der Waals surface area contributed by atoms with Crippen molar-refractivity contribution in [2.75, 3.05) is 0 Å². The van der Waals surface area contributed by atoms with E-state index in [2.05, 4.69) is 10.6 Å². The minimum Gasteiger partial charge on any atom is -0.508 e. The lowest BCUT2D eigenvalue weighted by Gasteiger charge is -2.35. The van der Waals surface area contributed by atoms with E-state index in [1.165, 1.54) is 11.0 Å². The van der Waals surface area contributed by atoms with E-state index in [1.54, 1.807) is 39.8 Å². The second-order valence-corrected chi connectivity index (χ2v) is 11.4. The fourth-order valence-corrected chi connectivity index (χ4v) is 4.46. The van der Waals surface area contributed by atoms with Crippen LogP contribution in [0, 0.1) is 12.8 Å². The molecule has 0 bridgehead atoms. The number of nitrogens with two attached hydrogens (primary N) is 1. The summed E-state index contributed by atoms with van der Waals surface area (Å²) < 4.78 is 5.36. The number of hydrogen-bond donors (Lipinski definition) is 4. The van der Waals surface area contributed by atoms with Crippen LogP contribution in [0.2, 0.25) is 0 Å². The van der Waals surface area contributed by atoms with Crippen molar-refractivity contribution in [2.24, 2.45) is 11.7 Å². The largest absolute Gasteiger partial charge is 0.508 e. The minimum absolute atomic E-state index is 0.0415. The molecule has 5 atom stereocenters. The fraction of sp³-hybridized carbons (Fsp3) is 0.643. The van der Waals surface area contributed by atoms with E-state index in [4.69, 9.17) is 10.5 Å². The van der Waals surface area contributed by atoms with E-state index in [0.29, 0.717) is 17.5 Å². The fourth-order valence-electron chi connectivity index (χ4n) is 4.46. The summed E-state index contributed by atoms with van der Waals surface area (Å²) in [7, 11) is 0. The summed E-state index contributed by atoms with van der Waals surface area (Å²) in [5.41, 5.74) is 5.67. The van der Waals surface area contributed by atoms with Crippen LogP contribution in [0.5, 0.6) is 5.75 Å². The number of alkyl carbamates (subject to hydrolysis) is 1. The molecule has 38 heavy (non-hydrogen) atoms. The summed E-state index contributed by atoms with van der Waals surface area (Å²) in [5.74, 6) is -1.25. The maximum absolute atomic E-state index is 14.1. The molecule has 1 aliphatic rings. The highest BCUT2D eigenvalue weighted by Gasteiger charge is 2.48. The van der Waals surface area contributed by atoms with Crippen molar-refractivity contribution in [3.05, 3.63) is 29.3 Å². The molecule has 5 N–H and O–H groups in total. The number of rotatable bonds is 12. The van der Waals surface area contributed by atoms with Crippen molar-refractivity contribution >= 4 is 23.8 Å². The first-order valence-electron chi connectivity index (χ1n) is 13.3. The quantitative estimate of drug-likeness (QED) is 0.324. The molecule has 1 saturated carbocycles. The summed E-state index contributed by atoms with van der Waals surface area (Å²) in [4.78, 5) is 53.6. The molecule has 1 aliphatic carbocycles. The molecule has 4 amide bonds. The maximum atomic E-state index is 14.1. The van der Waals surface area contributed by atoms with Gasteiger partial charge in [0.15, 0.2) is 0 Å². The molecule has 10 heteroatoms. The van der Waals surface area contributed by atoms with Crippen molar-refractivity contribution in [2.45, 2.75) is 110 Å². The van der Waals surface area contributed by atoms with Crippen LogP contribution >= 0.6 is 0 Å². The van der Waals surface area contributed by atoms with Gasteiger partial charge >= 0.3 is 6.09 Å². The van der Waals surface area contributed by atoms with E-state index in [9.17, 15) is 24.3 Å². The van der Waals surface area contributed by atoms with Crippen LogP contribution in [0.25, 0.3) is 0 Å². The number of nitrogens with one attached hydrogen (secondary N) is 2. The maximum Gasteiger partial charge on any atom is 0.408 e. The molecule has 1 fully saturated rings. The van der Waals surface area contributed by atoms with E-state index in [0.717, 1.165) is 12.8 Å². The summed E-state index contributed by atoms with van der Waals surface area (Å²) in [6.07, 6.45) is 1.35. The first-order chi connectivity index (χ1) is 17.6. The average molecular weight is 533 g/mol. The van der Waals surface area contributed by atoms with Crippen molar-refractivity contribution in [3.63, 3.8) is 0 Å². The molecule has 5 unspecified atom stereocenters. The molecule has 10 nitrogen and oxygen atoms in total. The Labute approximate surface area is 225 Å². The Morgan fingerprint density at radius 3 is 2.32 bits per heavy atom. The number of carbonyl (C=O) groups is 4. The number of ether oxygens (including phenoxy) is 1. The van der Waals surface area contributed by atoms with Gasteiger partial charge in [-0.25, -0.2) is 4.79 Å². The molecule has 1 aromatic carbocycles. The number of phenolic OH excluding ortho intramolecular Hbond substituents is 1. The number of amides is 4. The zero-order chi connectivity index (χ0) is 28.8. The summed E-state index contributed by atoms with van der Waals surface area (Å²) in [5, 5.41) is 15.7. The third-order valence-electron chi connectivity index (χ3n) is 6.52. The van der Waals surface area contributed by atoms with E-state index < -0.39 is 35.6 Å². The number of benzene rings is 1. The number of phenols is 1. The predicted molar refractivity (Wildman–Crippen MR) is 144 cm³/mol. The van der Waals surface area contributed by atoms with Crippen LogP contribution in [-0.4, -0.2) is 57.5 Å². The number of nitrogens with zero attached hydrogens (tertiary/aromatic N) is 1. The molecule has 212 valence electrons. The van der Waals surface area contributed by atoms with Gasteiger partial charge in [0, 0.05) is 18.5 Å². The Hall–Kier alpha value is -3.30. The summed E-state index contributed by atoms with van der Waals surface area (Å²) in [6.45, 7) is 12.8. The van der Waals surface area contributed by atoms with Crippen LogP contribution < -0.4 is 16.4 Å². The number of aromatic hydroxyl groups is 1. The van der Waals surface area contributed by atoms with Gasteiger partial charge in [0.25, 0.3) is 0 Å². The van der Waals surface area contributed by atoms with Gasteiger partial charge in [-0.05, 0) is 83.1 Å². The lowest BCUT2D eigenvalue weighted by molar-refractivity contribution is -0.144. The smallest absolute Gasteiger partial charge is 0.408 e. The highest BCUT2D eigenvalue weighted by Crippen LogP contribution is 2.41. The van der Waals surface area contributed by atoms with Crippen LogP contribution in [0.4, 0.5) is 4.79 Å². The molecule has 0 aliphatic heterocycles. The first-order valence-corrected chi connectivity index (χ1v) is 13.3. The number of aryl methyl sites for hydroxylation is 1. The van der Waals surface area contributed by atoms with E-state index >= 15 is 0 Å². The Bertz CT molecular complexity index is 1020. The van der Waals surface area contributed by atoms with E-state index in [1.807, 2.05) is 20.8 Å². The molecular formula is C28H44N4O6. The molecule has 1 aromatic rings. The Kier molecular flexibility index (Phi) is 10.6. The number of primary amides is 1. The second-order valence-electron chi connectivity index (χ2n) is 11.4. The minimum atomic E-state index is -1.13. The molecule has 0 spiro atoms. The Morgan fingerprint density at radius 1 is 1.18 bits per heavy atom. The van der Waals surface area contributed by atoms with Crippen LogP contribution in [0.1, 0.15) is 90.8 Å². The predicted octanol–water partition coefficient (Wildman–Crippen LogP) is 3.44. The van der Waals surface area contributed by atoms with Crippen LogP contribution in [0.3, 0.4) is 0 Å². The molecule has 0 heterocycles. The van der Waals surface area contributed by atoms with Gasteiger partial charge in [-0.15, -0.1) is 0 Å². The average Bonchev–Trinajstić information content (AvgIpc) is 3.50. The van der Waals surface area contributed by atoms with Gasteiger partial charge in [0.05, 0.1) is 0 Å². The van der Waals surface area contributed by atoms with Crippen molar-refractivity contribution < 1.29 is 29.0 Å². The normalized spacial score (nSPS) is 19.0. The van der Waals surface area contributed by atoms with Crippen LogP contribution in [0.15, 0.2) is 18.2 Å². The Morgan fingerprint density at radius 2 is 1.82 bits per heavy atom. The third-order valence-corrected chi connectivity index (χ3v) is 6.52. The van der Waals surface area contributed by atoms with E-state index in [-0.39, 0.29) is 42.5 Å².